The standard InChI is InChI=1S/C21H26/c1-3-5-17-8-11-21-15-20(13-12-19(21)14-17)18-9-6-16(4-2)7-10-18/h8-9,11-16H,3-7,10H2,1-2H3. The van der Waals surface area contributed by atoms with Crippen LogP contribution in [0.25, 0.3) is 16.3 Å². The summed E-state index contributed by atoms with van der Waals surface area (Å²) < 4.78 is 0. The predicted molar refractivity (Wildman–Crippen MR) is 93.6 cm³/mol. The molecule has 0 saturated carbocycles. The number of hydrogen-bond donors (Lipinski definition) is 0. The molecule has 3 rings (SSSR count). The molecule has 0 radical (unpaired) electrons. The fraction of sp³-hybridized carbons (Fsp3) is 0.429. The van der Waals surface area contributed by atoms with Gasteiger partial charge in [0.25, 0.3) is 0 Å². The lowest BCUT2D eigenvalue weighted by Crippen LogP contribution is -2.03. The van der Waals surface area contributed by atoms with Crippen molar-refractivity contribution in [2.45, 2.75) is 52.4 Å². The Morgan fingerprint density at radius 3 is 2.52 bits per heavy atom. The van der Waals surface area contributed by atoms with E-state index in [9.17, 15) is 0 Å². The minimum Gasteiger partial charge on any atom is -0.0804 e. The maximum atomic E-state index is 2.48. The second-order valence-corrected chi connectivity index (χ2v) is 6.42. The van der Waals surface area contributed by atoms with Crippen molar-refractivity contribution >= 4 is 16.3 Å². The van der Waals surface area contributed by atoms with Crippen molar-refractivity contribution in [2.24, 2.45) is 5.92 Å². The largest absolute Gasteiger partial charge is 0.0804 e. The molecule has 0 heteroatoms. The van der Waals surface area contributed by atoms with E-state index in [1.54, 1.807) is 5.57 Å². The fourth-order valence-electron chi connectivity index (χ4n) is 3.46. The van der Waals surface area contributed by atoms with E-state index in [2.05, 4.69) is 56.3 Å². The summed E-state index contributed by atoms with van der Waals surface area (Å²) in [6, 6.07) is 13.9. The molecule has 1 aliphatic carbocycles. The Bertz CT molecular complexity index is 648. The summed E-state index contributed by atoms with van der Waals surface area (Å²) in [5.41, 5.74) is 4.44. The van der Waals surface area contributed by atoms with Crippen molar-refractivity contribution in [3.63, 3.8) is 0 Å². The molecular weight excluding hydrogens is 252 g/mol. The van der Waals surface area contributed by atoms with Crippen LogP contribution in [0, 0.1) is 5.92 Å². The van der Waals surface area contributed by atoms with Crippen LogP contribution in [0.15, 0.2) is 42.5 Å². The highest BCUT2D eigenvalue weighted by atomic mass is 14.2. The zero-order valence-corrected chi connectivity index (χ0v) is 13.4. The van der Waals surface area contributed by atoms with Crippen LogP contribution in [0.1, 0.15) is 57.1 Å². The van der Waals surface area contributed by atoms with E-state index < -0.39 is 0 Å². The molecule has 0 aromatic heterocycles. The van der Waals surface area contributed by atoms with Gasteiger partial charge in [-0.1, -0.05) is 63.1 Å². The molecule has 0 heterocycles. The molecular formula is C21H26. The van der Waals surface area contributed by atoms with E-state index >= 15 is 0 Å². The molecule has 0 fully saturated rings. The molecule has 0 spiro atoms. The van der Waals surface area contributed by atoms with E-state index in [1.807, 2.05) is 0 Å². The molecule has 2 aromatic rings. The first-order valence-electron chi connectivity index (χ1n) is 8.52. The molecule has 2 aromatic carbocycles. The molecule has 0 N–H and O–H groups in total. The van der Waals surface area contributed by atoms with Gasteiger partial charge in [-0.15, -0.1) is 0 Å². The summed E-state index contributed by atoms with van der Waals surface area (Å²) >= 11 is 0. The Morgan fingerprint density at radius 2 is 1.81 bits per heavy atom. The Balaban J connectivity index is 1.88. The van der Waals surface area contributed by atoms with Gasteiger partial charge in [0.1, 0.15) is 0 Å². The molecule has 0 saturated heterocycles. The molecule has 21 heavy (non-hydrogen) atoms. The van der Waals surface area contributed by atoms with Crippen molar-refractivity contribution in [1.82, 2.24) is 0 Å². The Kier molecular flexibility index (Phi) is 4.43. The first-order chi connectivity index (χ1) is 10.3. The highest BCUT2D eigenvalue weighted by Crippen LogP contribution is 2.33. The van der Waals surface area contributed by atoms with Crippen LogP contribution < -0.4 is 0 Å². The molecule has 1 unspecified atom stereocenters. The lowest BCUT2D eigenvalue weighted by Gasteiger charge is -2.21. The number of hydrogen-bond acceptors (Lipinski definition) is 0. The van der Waals surface area contributed by atoms with Crippen LogP contribution in [0.2, 0.25) is 0 Å². The molecule has 0 aliphatic heterocycles. The minimum atomic E-state index is 0.908. The lowest BCUT2D eigenvalue weighted by atomic mass is 9.85. The van der Waals surface area contributed by atoms with Crippen LogP contribution in [-0.4, -0.2) is 0 Å². The maximum Gasteiger partial charge on any atom is -0.0178 e. The first kappa shape index (κ1) is 14.4. The third-order valence-corrected chi connectivity index (χ3v) is 4.91. The van der Waals surface area contributed by atoms with Gasteiger partial charge >= 0.3 is 0 Å². The number of aryl methyl sites for hydroxylation is 1. The second-order valence-electron chi connectivity index (χ2n) is 6.42. The topological polar surface area (TPSA) is 0 Å². The molecule has 1 aliphatic rings. The Morgan fingerprint density at radius 1 is 1.00 bits per heavy atom. The van der Waals surface area contributed by atoms with Crippen LogP contribution in [0.3, 0.4) is 0 Å². The average molecular weight is 278 g/mol. The first-order valence-corrected chi connectivity index (χ1v) is 8.52. The predicted octanol–water partition coefficient (Wildman–Crippen LogP) is 6.39. The molecule has 0 amide bonds. The SMILES string of the molecule is CCCc1ccc2cc(C3=CCC(CC)CC3)ccc2c1. The summed E-state index contributed by atoms with van der Waals surface area (Å²) in [6.45, 7) is 4.56. The second kappa shape index (κ2) is 6.47. The van der Waals surface area contributed by atoms with E-state index in [1.165, 1.54) is 60.4 Å². The summed E-state index contributed by atoms with van der Waals surface area (Å²) in [6.07, 6.45) is 10.1. The minimum absolute atomic E-state index is 0.908. The van der Waals surface area contributed by atoms with Gasteiger partial charge in [0.05, 0.1) is 0 Å². The molecule has 110 valence electrons. The maximum absolute atomic E-state index is 2.48. The van der Waals surface area contributed by atoms with Gasteiger partial charge in [0.2, 0.25) is 0 Å². The normalized spacial score (nSPS) is 18.8. The van der Waals surface area contributed by atoms with Gasteiger partial charge in [-0.05, 0) is 65.1 Å². The third-order valence-electron chi connectivity index (χ3n) is 4.91. The number of allylic oxidation sites excluding steroid dienone is 2. The monoisotopic (exact) mass is 278 g/mol. The summed E-state index contributed by atoms with van der Waals surface area (Å²) in [4.78, 5) is 0. The van der Waals surface area contributed by atoms with Crippen molar-refractivity contribution in [1.29, 1.82) is 0 Å². The van der Waals surface area contributed by atoms with Gasteiger partial charge in [-0.3, -0.25) is 0 Å². The Hall–Kier alpha value is -1.56. The van der Waals surface area contributed by atoms with E-state index in [0.29, 0.717) is 0 Å². The quantitative estimate of drug-likeness (QED) is 0.608. The average Bonchev–Trinajstić information content (AvgIpc) is 2.55. The fourth-order valence-corrected chi connectivity index (χ4v) is 3.46. The zero-order chi connectivity index (χ0) is 14.7. The van der Waals surface area contributed by atoms with Crippen molar-refractivity contribution in [3.8, 4) is 0 Å². The van der Waals surface area contributed by atoms with Crippen LogP contribution in [-0.2, 0) is 6.42 Å². The third kappa shape index (κ3) is 3.20. The van der Waals surface area contributed by atoms with E-state index in [-0.39, 0.29) is 0 Å². The smallest absolute Gasteiger partial charge is 0.0178 e. The summed E-state index contributed by atoms with van der Waals surface area (Å²) in [7, 11) is 0. The lowest BCUT2D eigenvalue weighted by molar-refractivity contribution is 0.471. The van der Waals surface area contributed by atoms with Crippen LogP contribution in [0.5, 0.6) is 0 Å². The van der Waals surface area contributed by atoms with Crippen LogP contribution >= 0.6 is 0 Å². The number of rotatable bonds is 4. The zero-order valence-electron chi connectivity index (χ0n) is 13.4. The molecule has 0 nitrogen and oxygen atoms in total. The van der Waals surface area contributed by atoms with Crippen LogP contribution in [0.4, 0.5) is 0 Å². The van der Waals surface area contributed by atoms with Crippen molar-refractivity contribution in [3.05, 3.63) is 53.6 Å². The van der Waals surface area contributed by atoms with Gasteiger partial charge in [0.15, 0.2) is 0 Å². The molecule has 0 bridgehead atoms. The van der Waals surface area contributed by atoms with E-state index in [4.69, 9.17) is 0 Å². The van der Waals surface area contributed by atoms with Gasteiger partial charge < -0.3 is 0 Å². The summed E-state index contributed by atoms with van der Waals surface area (Å²) in [5, 5.41) is 2.76. The highest BCUT2D eigenvalue weighted by molar-refractivity contribution is 5.87. The highest BCUT2D eigenvalue weighted by Gasteiger charge is 2.13. The Labute approximate surface area is 128 Å². The van der Waals surface area contributed by atoms with Gasteiger partial charge in [0, 0.05) is 0 Å². The van der Waals surface area contributed by atoms with Crippen molar-refractivity contribution < 1.29 is 0 Å². The number of fused-ring (bicyclic) bond motifs is 1. The number of benzene rings is 2. The molecule has 1 atom stereocenters. The van der Waals surface area contributed by atoms with E-state index in [0.717, 1.165) is 5.92 Å². The summed E-state index contributed by atoms with van der Waals surface area (Å²) in [5.74, 6) is 0.908. The van der Waals surface area contributed by atoms with Gasteiger partial charge in [-0.25, -0.2) is 0 Å². The van der Waals surface area contributed by atoms with Gasteiger partial charge in [-0.2, -0.15) is 0 Å². The van der Waals surface area contributed by atoms with Crippen molar-refractivity contribution in [2.75, 3.05) is 0 Å².